The second-order valence-electron chi connectivity index (χ2n) is 7.75. The highest BCUT2D eigenvalue weighted by Gasteiger charge is 2.23. The fraction of sp³-hybridized carbons (Fsp3) is 0.391. The van der Waals surface area contributed by atoms with Gasteiger partial charge in [-0.05, 0) is 43.9 Å². The van der Waals surface area contributed by atoms with Crippen LogP contribution >= 0.6 is 23.2 Å². The van der Waals surface area contributed by atoms with E-state index in [2.05, 4.69) is 34.8 Å². The zero-order valence-corrected chi connectivity index (χ0v) is 18.3. The van der Waals surface area contributed by atoms with Crippen molar-refractivity contribution in [2.24, 2.45) is 0 Å². The van der Waals surface area contributed by atoms with Crippen LogP contribution in [0.3, 0.4) is 0 Å². The molecule has 1 amide bonds. The van der Waals surface area contributed by atoms with Gasteiger partial charge in [0.25, 0.3) is 5.91 Å². The lowest BCUT2D eigenvalue weighted by Gasteiger charge is -2.26. The number of fused-ring (bicyclic) bond motifs is 1. The summed E-state index contributed by atoms with van der Waals surface area (Å²) in [4.78, 5) is 16.9. The molecule has 0 bridgehead atoms. The van der Waals surface area contributed by atoms with Gasteiger partial charge in [0.05, 0.1) is 15.7 Å². The van der Waals surface area contributed by atoms with Gasteiger partial charge in [0.1, 0.15) is 0 Å². The van der Waals surface area contributed by atoms with E-state index in [1.54, 1.807) is 0 Å². The minimum Gasteiger partial charge on any atom is -0.341 e. The molecule has 2 aromatic heterocycles. The summed E-state index contributed by atoms with van der Waals surface area (Å²) in [5.41, 5.74) is 4.83. The van der Waals surface area contributed by atoms with Gasteiger partial charge in [0.15, 0.2) is 0 Å². The molecule has 1 aliphatic rings. The Morgan fingerprint density at radius 1 is 1.17 bits per heavy atom. The van der Waals surface area contributed by atoms with E-state index in [1.165, 1.54) is 61.1 Å². The lowest BCUT2D eigenvalue weighted by atomic mass is 9.95. The van der Waals surface area contributed by atoms with Gasteiger partial charge in [-0.15, -0.1) is 0 Å². The lowest BCUT2D eigenvalue weighted by molar-refractivity contribution is 0.102. The van der Waals surface area contributed by atoms with E-state index in [1.807, 2.05) is 12.1 Å². The fourth-order valence-electron chi connectivity index (χ4n) is 4.58. The molecular weight excluding hydrogens is 405 g/mol. The molecule has 1 aliphatic carbocycles. The van der Waals surface area contributed by atoms with Crippen LogP contribution in [-0.2, 0) is 6.42 Å². The Bertz CT molecular complexity index is 1050. The van der Waals surface area contributed by atoms with Crippen LogP contribution in [0.5, 0.6) is 0 Å². The monoisotopic (exact) mass is 429 g/mol. The minimum atomic E-state index is -0.228. The summed E-state index contributed by atoms with van der Waals surface area (Å²) < 4.78 is 2.49. The zero-order valence-electron chi connectivity index (χ0n) is 16.8. The molecule has 0 spiro atoms. The van der Waals surface area contributed by atoms with Crippen molar-refractivity contribution in [3.8, 4) is 0 Å². The molecule has 152 valence electrons. The van der Waals surface area contributed by atoms with Crippen molar-refractivity contribution in [2.45, 2.75) is 58.4 Å². The van der Waals surface area contributed by atoms with Gasteiger partial charge in [0.2, 0.25) is 0 Å². The quantitative estimate of drug-likeness (QED) is 0.486. The third-order valence-corrected chi connectivity index (χ3v) is 6.59. The predicted molar refractivity (Wildman–Crippen MR) is 120 cm³/mol. The molecule has 1 fully saturated rings. The van der Waals surface area contributed by atoms with E-state index in [0.717, 1.165) is 11.9 Å². The van der Waals surface area contributed by atoms with Gasteiger partial charge in [-0.3, -0.25) is 9.78 Å². The van der Waals surface area contributed by atoms with Crippen molar-refractivity contribution in [3.05, 3.63) is 57.5 Å². The topological polar surface area (TPSA) is 46.9 Å². The van der Waals surface area contributed by atoms with Crippen LogP contribution in [0, 0.1) is 6.92 Å². The maximum Gasteiger partial charge on any atom is 0.255 e. The molecule has 0 saturated heterocycles. The average molecular weight is 430 g/mol. The van der Waals surface area contributed by atoms with Crippen molar-refractivity contribution in [1.82, 2.24) is 9.55 Å². The molecule has 1 aromatic carbocycles. The molecule has 4 nitrogen and oxygen atoms in total. The van der Waals surface area contributed by atoms with Gasteiger partial charge >= 0.3 is 0 Å². The summed E-state index contributed by atoms with van der Waals surface area (Å²) in [6.45, 7) is 4.40. The summed E-state index contributed by atoms with van der Waals surface area (Å²) >= 11 is 12.3. The third kappa shape index (κ3) is 3.76. The molecule has 0 atom stereocenters. The van der Waals surface area contributed by atoms with Crippen LogP contribution in [0.15, 0.2) is 30.6 Å². The number of anilines is 1. The van der Waals surface area contributed by atoms with E-state index in [9.17, 15) is 4.79 Å². The first-order valence-corrected chi connectivity index (χ1v) is 11.0. The number of rotatable bonds is 4. The highest BCUT2D eigenvalue weighted by Crippen LogP contribution is 2.37. The normalized spacial score (nSPS) is 15.0. The molecule has 1 N–H and O–H groups in total. The van der Waals surface area contributed by atoms with Crippen LogP contribution in [0.25, 0.3) is 10.9 Å². The minimum absolute atomic E-state index is 0.228. The van der Waals surface area contributed by atoms with Crippen LogP contribution in [-0.4, -0.2) is 15.5 Å². The summed E-state index contributed by atoms with van der Waals surface area (Å²) in [5, 5.41) is 4.71. The number of halogens is 2. The van der Waals surface area contributed by atoms with E-state index in [0.29, 0.717) is 27.3 Å². The van der Waals surface area contributed by atoms with Crippen molar-refractivity contribution in [1.29, 1.82) is 0 Å². The van der Waals surface area contributed by atoms with Crippen LogP contribution < -0.4 is 5.32 Å². The molecule has 0 aliphatic heterocycles. The smallest absolute Gasteiger partial charge is 0.255 e. The molecular formula is C23H25Cl2N3O. The summed E-state index contributed by atoms with van der Waals surface area (Å²) in [6, 6.07) is 6.46. The van der Waals surface area contributed by atoms with Gasteiger partial charge < -0.3 is 9.88 Å². The van der Waals surface area contributed by atoms with E-state index >= 15 is 0 Å². The molecule has 1 saturated carbocycles. The Kier molecular flexibility index (Phi) is 5.84. The van der Waals surface area contributed by atoms with E-state index in [4.69, 9.17) is 23.2 Å². The lowest BCUT2D eigenvalue weighted by Crippen LogP contribution is -2.16. The predicted octanol–water partition coefficient (Wildman–Crippen LogP) is 6.97. The zero-order chi connectivity index (χ0) is 20.5. The number of nitrogens with one attached hydrogen (secondary N) is 1. The van der Waals surface area contributed by atoms with Crippen molar-refractivity contribution < 1.29 is 4.79 Å². The molecule has 3 aromatic rings. The maximum absolute atomic E-state index is 13.0. The largest absolute Gasteiger partial charge is 0.341 e. The van der Waals surface area contributed by atoms with E-state index < -0.39 is 0 Å². The second kappa shape index (κ2) is 8.37. The van der Waals surface area contributed by atoms with E-state index in [-0.39, 0.29) is 5.91 Å². The number of carbonyl (C=O) groups excluding carboxylic acids is 1. The Hall–Kier alpha value is -2.04. The van der Waals surface area contributed by atoms with Gasteiger partial charge in [0, 0.05) is 40.6 Å². The Labute approximate surface area is 181 Å². The number of hydrogen-bond acceptors (Lipinski definition) is 2. The van der Waals surface area contributed by atoms with Crippen LogP contribution in [0.4, 0.5) is 5.69 Å². The molecule has 6 heteroatoms. The second-order valence-corrected chi connectivity index (χ2v) is 8.57. The highest BCUT2D eigenvalue weighted by molar-refractivity contribution is 6.39. The third-order valence-electron chi connectivity index (χ3n) is 6.01. The first kappa shape index (κ1) is 20.2. The first-order chi connectivity index (χ1) is 14.0. The molecule has 29 heavy (non-hydrogen) atoms. The Morgan fingerprint density at radius 2 is 1.86 bits per heavy atom. The summed E-state index contributed by atoms with van der Waals surface area (Å²) in [7, 11) is 0. The number of hydrogen-bond donors (Lipinski definition) is 1. The van der Waals surface area contributed by atoms with Crippen molar-refractivity contribution >= 4 is 45.7 Å². The van der Waals surface area contributed by atoms with Crippen molar-refractivity contribution in [3.63, 3.8) is 0 Å². The molecule has 2 heterocycles. The number of pyridine rings is 1. The molecule has 0 unspecified atom stereocenters. The molecule has 4 rings (SSSR count). The highest BCUT2D eigenvalue weighted by atomic mass is 35.5. The number of benzene rings is 1. The van der Waals surface area contributed by atoms with Gasteiger partial charge in [-0.25, -0.2) is 0 Å². The molecule has 0 radical (unpaired) electrons. The number of nitrogens with zero attached hydrogens (tertiary/aromatic N) is 2. The number of amides is 1. The number of aryl methyl sites for hydroxylation is 1. The van der Waals surface area contributed by atoms with Gasteiger partial charge in [-0.2, -0.15) is 0 Å². The summed E-state index contributed by atoms with van der Waals surface area (Å²) in [6.07, 6.45) is 10.2. The number of aromatic nitrogens is 2. The Morgan fingerprint density at radius 3 is 2.52 bits per heavy atom. The average Bonchev–Trinajstić information content (AvgIpc) is 3.02. The fourth-order valence-corrected chi connectivity index (χ4v) is 5.04. The standard InChI is InChI=1S/C23H25Cl2N3O/c1-3-20-14(2)17-10-9-15(11-21(17)28(20)16-7-5-4-6-8-16)23(29)27-22-18(24)12-26-13-19(22)25/h9-13,16H,3-8H2,1-2H3,(H,26,27,29). The summed E-state index contributed by atoms with van der Waals surface area (Å²) in [5.74, 6) is -0.228. The maximum atomic E-state index is 13.0. The van der Waals surface area contributed by atoms with Gasteiger partial charge in [-0.1, -0.05) is 55.5 Å². The van der Waals surface area contributed by atoms with Crippen molar-refractivity contribution in [2.75, 3.05) is 5.32 Å². The first-order valence-electron chi connectivity index (χ1n) is 10.2. The van der Waals surface area contributed by atoms with Crippen LogP contribution in [0.1, 0.15) is 66.7 Å². The number of carbonyl (C=O) groups is 1. The van der Waals surface area contributed by atoms with Crippen LogP contribution in [0.2, 0.25) is 10.0 Å². The Balaban J connectivity index is 1.76. The SMILES string of the molecule is CCc1c(C)c2ccc(C(=O)Nc3c(Cl)cncc3Cl)cc2n1C1CCCCC1.